The van der Waals surface area contributed by atoms with Crippen LogP contribution in [0.1, 0.15) is 50.9 Å². The van der Waals surface area contributed by atoms with Gasteiger partial charge in [0, 0.05) is 29.3 Å². The number of nitrogens with one attached hydrogen (secondary N) is 1. The third-order valence-electron chi connectivity index (χ3n) is 3.62. The van der Waals surface area contributed by atoms with Crippen molar-refractivity contribution < 1.29 is 0 Å². The van der Waals surface area contributed by atoms with Crippen molar-refractivity contribution in [2.75, 3.05) is 6.54 Å². The molecule has 0 unspecified atom stereocenters. The summed E-state index contributed by atoms with van der Waals surface area (Å²) in [4.78, 5) is 4.73. The lowest BCUT2D eigenvalue weighted by Crippen LogP contribution is -2.32. The number of hydrogen-bond acceptors (Lipinski definition) is 3. The van der Waals surface area contributed by atoms with Crippen LogP contribution in [0, 0.1) is 0 Å². The molecule has 114 valence electrons. The number of hydrogen-bond donors (Lipinski definition) is 1. The molecule has 1 aromatic carbocycles. The van der Waals surface area contributed by atoms with Crippen LogP contribution in [0.25, 0.3) is 0 Å². The van der Waals surface area contributed by atoms with E-state index in [0.29, 0.717) is 0 Å². The Balaban J connectivity index is 1.91. The zero-order chi connectivity index (χ0) is 15.5. The fourth-order valence-electron chi connectivity index (χ4n) is 2.23. The molecule has 3 heteroatoms. The molecule has 0 aliphatic rings. The number of rotatable bonds is 5. The van der Waals surface area contributed by atoms with E-state index in [4.69, 9.17) is 4.98 Å². The highest BCUT2D eigenvalue weighted by Gasteiger charge is 2.20. The smallest absolute Gasteiger partial charge is 0.0982 e. The van der Waals surface area contributed by atoms with Crippen LogP contribution in [-0.2, 0) is 17.4 Å². The first kappa shape index (κ1) is 16.2. The van der Waals surface area contributed by atoms with Gasteiger partial charge in [0.15, 0.2) is 0 Å². The highest BCUT2D eigenvalue weighted by atomic mass is 32.1. The number of aromatic nitrogens is 1. The molecule has 0 radical (unpaired) electrons. The molecular weight excluding hydrogens is 276 g/mol. The molecule has 0 aliphatic heterocycles. The fraction of sp³-hybridized carbons (Fsp3) is 0.500. The average Bonchev–Trinajstić information content (AvgIpc) is 2.88. The van der Waals surface area contributed by atoms with E-state index in [1.54, 1.807) is 11.3 Å². The summed E-state index contributed by atoms with van der Waals surface area (Å²) in [5.74, 6) is 0. The van der Waals surface area contributed by atoms with E-state index in [2.05, 4.69) is 75.6 Å². The van der Waals surface area contributed by atoms with Crippen LogP contribution in [0.2, 0.25) is 0 Å². The van der Waals surface area contributed by atoms with Gasteiger partial charge in [-0.05, 0) is 5.56 Å². The van der Waals surface area contributed by atoms with Crippen LogP contribution in [0.5, 0.6) is 0 Å². The Bertz CT molecular complexity index is 564. The van der Waals surface area contributed by atoms with Gasteiger partial charge in [-0.1, -0.05) is 65.0 Å². The summed E-state index contributed by atoms with van der Waals surface area (Å²) in [5.41, 5.74) is 2.79. The van der Waals surface area contributed by atoms with E-state index in [1.165, 1.54) is 10.6 Å². The topological polar surface area (TPSA) is 24.9 Å². The molecule has 0 spiro atoms. The molecule has 0 atom stereocenters. The van der Waals surface area contributed by atoms with Crippen molar-refractivity contribution >= 4 is 11.3 Å². The van der Waals surface area contributed by atoms with Gasteiger partial charge in [-0.25, -0.2) is 4.98 Å². The van der Waals surface area contributed by atoms with E-state index in [0.717, 1.165) is 18.8 Å². The molecule has 0 aliphatic carbocycles. The Morgan fingerprint density at radius 1 is 1.05 bits per heavy atom. The normalized spacial score (nSPS) is 12.6. The Kier molecular flexibility index (Phi) is 4.84. The van der Waals surface area contributed by atoms with Crippen molar-refractivity contribution in [1.29, 1.82) is 0 Å². The largest absolute Gasteiger partial charge is 0.310 e. The lowest BCUT2D eigenvalue weighted by molar-refractivity contribution is 0.466. The van der Waals surface area contributed by atoms with Gasteiger partial charge in [0.05, 0.1) is 10.7 Å². The highest BCUT2D eigenvalue weighted by Crippen LogP contribution is 2.26. The summed E-state index contributed by atoms with van der Waals surface area (Å²) >= 11 is 1.76. The second-order valence-electron chi connectivity index (χ2n) is 7.25. The minimum Gasteiger partial charge on any atom is -0.310 e. The summed E-state index contributed by atoms with van der Waals surface area (Å²) in [7, 11) is 0. The maximum atomic E-state index is 4.73. The zero-order valence-corrected chi connectivity index (χ0v) is 14.6. The standard InChI is InChI=1S/C18H26N2S/c1-17(2,3)16-20-15(12-21-16)11-19-13-18(4,5)14-9-7-6-8-10-14/h6-10,12,19H,11,13H2,1-5H3. The second kappa shape index (κ2) is 6.29. The molecule has 0 fully saturated rings. The molecular formula is C18H26N2S. The first-order valence-electron chi connectivity index (χ1n) is 7.50. The van der Waals surface area contributed by atoms with Crippen molar-refractivity contribution in [3.05, 3.63) is 52.0 Å². The van der Waals surface area contributed by atoms with Crippen LogP contribution >= 0.6 is 11.3 Å². The van der Waals surface area contributed by atoms with Gasteiger partial charge in [-0.2, -0.15) is 0 Å². The van der Waals surface area contributed by atoms with E-state index in [1.807, 2.05) is 0 Å². The minimum atomic E-state index is 0.129. The molecule has 0 amide bonds. The van der Waals surface area contributed by atoms with Gasteiger partial charge in [-0.15, -0.1) is 11.3 Å². The Labute approximate surface area is 132 Å². The summed E-state index contributed by atoms with van der Waals surface area (Å²) in [6.07, 6.45) is 0. The van der Waals surface area contributed by atoms with Crippen molar-refractivity contribution in [3.63, 3.8) is 0 Å². The molecule has 0 bridgehead atoms. The van der Waals surface area contributed by atoms with Crippen LogP contribution < -0.4 is 5.32 Å². The Morgan fingerprint density at radius 2 is 1.71 bits per heavy atom. The van der Waals surface area contributed by atoms with Gasteiger partial charge in [-0.3, -0.25) is 0 Å². The average molecular weight is 302 g/mol. The molecule has 0 saturated heterocycles. The van der Waals surface area contributed by atoms with Crippen molar-refractivity contribution in [2.45, 2.75) is 52.0 Å². The van der Waals surface area contributed by atoms with Gasteiger partial charge in [0.1, 0.15) is 0 Å². The Hall–Kier alpha value is -1.19. The van der Waals surface area contributed by atoms with Gasteiger partial charge < -0.3 is 5.32 Å². The summed E-state index contributed by atoms with van der Waals surface area (Å²) in [6.45, 7) is 13.0. The summed E-state index contributed by atoms with van der Waals surface area (Å²) in [5, 5.41) is 6.93. The quantitative estimate of drug-likeness (QED) is 0.879. The fourth-order valence-corrected chi connectivity index (χ4v) is 3.13. The number of benzene rings is 1. The minimum absolute atomic E-state index is 0.129. The monoisotopic (exact) mass is 302 g/mol. The van der Waals surface area contributed by atoms with Crippen LogP contribution in [0.3, 0.4) is 0 Å². The van der Waals surface area contributed by atoms with E-state index < -0.39 is 0 Å². The van der Waals surface area contributed by atoms with E-state index in [-0.39, 0.29) is 10.8 Å². The maximum Gasteiger partial charge on any atom is 0.0982 e. The Morgan fingerprint density at radius 3 is 2.29 bits per heavy atom. The number of nitrogens with zero attached hydrogens (tertiary/aromatic N) is 1. The first-order chi connectivity index (χ1) is 9.79. The lowest BCUT2D eigenvalue weighted by Gasteiger charge is -2.25. The summed E-state index contributed by atoms with van der Waals surface area (Å²) < 4.78 is 0. The molecule has 2 nitrogen and oxygen atoms in total. The third kappa shape index (κ3) is 4.39. The predicted octanol–water partition coefficient (Wildman–Crippen LogP) is 4.51. The lowest BCUT2D eigenvalue weighted by atomic mass is 9.84. The van der Waals surface area contributed by atoms with Crippen LogP contribution in [0.4, 0.5) is 0 Å². The maximum absolute atomic E-state index is 4.73. The third-order valence-corrected chi connectivity index (χ3v) is 4.94. The highest BCUT2D eigenvalue weighted by molar-refractivity contribution is 7.09. The predicted molar refractivity (Wildman–Crippen MR) is 92.0 cm³/mol. The van der Waals surface area contributed by atoms with Crippen molar-refractivity contribution in [2.24, 2.45) is 0 Å². The van der Waals surface area contributed by atoms with Crippen LogP contribution in [-0.4, -0.2) is 11.5 Å². The van der Waals surface area contributed by atoms with E-state index >= 15 is 0 Å². The SMILES string of the molecule is CC(C)(C)c1nc(CNCC(C)(C)c2ccccc2)cs1. The molecule has 1 heterocycles. The van der Waals surface area contributed by atoms with Gasteiger partial charge >= 0.3 is 0 Å². The van der Waals surface area contributed by atoms with Gasteiger partial charge in [0.25, 0.3) is 0 Å². The summed E-state index contributed by atoms with van der Waals surface area (Å²) in [6, 6.07) is 10.7. The second-order valence-corrected chi connectivity index (χ2v) is 8.11. The molecule has 0 saturated carbocycles. The molecule has 1 aromatic heterocycles. The molecule has 21 heavy (non-hydrogen) atoms. The van der Waals surface area contributed by atoms with Crippen LogP contribution in [0.15, 0.2) is 35.7 Å². The van der Waals surface area contributed by atoms with Crippen molar-refractivity contribution in [1.82, 2.24) is 10.3 Å². The first-order valence-corrected chi connectivity index (χ1v) is 8.38. The zero-order valence-electron chi connectivity index (χ0n) is 13.7. The molecule has 2 rings (SSSR count). The molecule has 1 N–H and O–H groups in total. The van der Waals surface area contributed by atoms with E-state index in [9.17, 15) is 0 Å². The van der Waals surface area contributed by atoms with Crippen molar-refractivity contribution in [3.8, 4) is 0 Å². The molecule has 2 aromatic rings. The number of thiazole rings is 1. The van der Waals surface area contributed by atoms with Gasteiger partial charge in [0.2, 0.25) is 0 Å².